The molecule has 2 rings (SSSR count). The largest absolute Gasteiger partial charge is 0.381 e. The molecule has 0 amide bonds. The molecule has 2 nitrogen and oxygen atoms in total. The fraction of sp³-hybridized carbons (Fsp3) is 0.529. The number of hydrogen-bond acceptors (Lipinski definition) is 2. The summed E-state index contributed by atoms with van der Waals surface area (Å²) in [5.74, 6) is 0. The van der Waals surface area contributed by atoms with Crippen LogP contribution in [0.2, 0.25) is 0 Å². The van der Waals surface area contributed by atoms with E-state index >= 15 is 0 Å². The minimum atomic E-state index is 0.126. The SMILES string of the molecule is C=C(C)C(NCC)C1(c2ccccc2)CCOCC1. The molecule has 0 bridgehead atoms. The number of benzene rings is 1. The lowest BCUT2D eigenvalue weighted by Gasteiger charge is -2.45. The Bertz CT molecular complexity index is 407. The van der Waals surface area contributed by atoms with Gasteiger partial charge in [0.15, 0.2) is 0 Å². The fourth-order valence-electron chi connectivity index (χ4n) is 3.30. The molecule has 1 fully saturated rings. The maximum absolute atomic E-state index is 5.60. The van der Waals surface area contributed by atoms with Gasteiger partial charge in [-0.05, 0) is 31.9 Å². The van der Waals surface area contributed by atoms with Crippen LogP contribution in [0.3, 0.4) is 0 Å². The summed E-state index contributed by atoms with van der Waals surface area (Å²) in [6.45, 7) is 11.1. The molecule has 1 saturated heterocycles. The van der Waals surface area contributed by atoms with Crippen molar-refractivity contribution in [2.75, 3.05) is 19.8 Å². The first-order valence-electron chi connectivity index (χ1n) is 7.23. The maximum atomic E-state index is 5.60. The standard InChI is InChI=1S/C17H25NO/c1-4-18-16(14(2)3)17(10-12-19-13-11-17)15-8-6-5-7-9-15/h5-9,16,18H,2,4,10-13H2,1,3H3. The lowest BCUT2D eigenvalue weighted by Crippen LogP contribution is -2.52. The Labute approximate surface area is 116 Å². The summed E-state index contributed by atoms with van der Waals surface area (Å²) in [7, 11) is 0. The zero-order valence-electron chi connectivity index (χ0n) is 12.1. The van der Waals surface area contributed by atoms with Gasteiger partial charge in [0.25, 0.3) is 0 Å². The van der Waals surface area contributed by atoms with Gasteiger partial charge >= 0.3 is 0 Å². The number of nitrogens with one attached hydrogen (secondary N) is 1. The normalized spacial score (nSPS) is 19.9. The van der Waals surface area contributed by atoms with E-state index in [9.17, 15) is 0 Å². The number of ether oxygens (including phenoxy) is 1. The Balaban J connectivity index is 2.41. The van der Waals surface area contributed by atoms with Crippen LogP contribution in [0.4, 0.5) is 0 Å². The van der Waals surface area contributed by atoms with Gasteiger partial charge in [0, 0.05) is 24.7 Å². The summed E-state index contributed by atoms with van der Waals surface area (Å²) in [5, 5.41) is 3.64. The van der Waals surface area contributed by atoms with Crippen LogP contribution in [-0.4, -0.2) is 25.8 Å². The molecule has 0 saturated carbocycles. The van der Waals surface area contributed by atoms with Gasteiger partial charge in [-0.2, -0.15) is 0 Å². The van der Waals surface area contributed by atoms with Gasteiger partial charge in [-0.1, -0.05) is 49.4 Å². The fourth-order valence-corrected chi connectivity index (χ4v) is 3.30. The van der Waals surface area contributed by atoms with E-state index in [0.717, 1.165) is 32.6 Å². The molecule has 0 aliphatic carbocycles. The minimum absolute atomic E-state index is 0.126. The van der Waals surface area contributed by atoms with E-state index in [0.29, 0.717) is 6.04 Å². The van der Waals surface area contributed by atoms with Crippen LogP contribution in [0.15, 0.2) is 42.5 Å². The highest BCUT2D eigenvalue weighted by molar-refractivity contribution is 5.32. The van der Waals surface area contributed by atoms with Crippen molar-refractivity contribution in [1.82, 2.24) is 5.32 Å². The van der Waals surface area contributed by atoms with Gasteiger partial charge in [0.05, 0.1) is 0 Å². The Hall–Kier alpha value is -1.12. The first-order valence-corrected chi connectivity index (χ1v) is 7.23. The summed E-state index contributed by atoms with van der Waals surface area (Å²) < 4.78 is 5.60. The molecule has 1 aliphatic heterocycles. The van der Waals surface area contributed by atoms with Crippen LogP contribution in [0.1, 0.15) is 32.3 Å². The van der Waals surface area contributed by atoms with Crippen LogP contribution < -0.4 is 5.32 Å². The third-order valence-corrected chi connectivity index (χ3v) is 4.19. The Kier molecular flexibility index (Phi) is 4.78. The topological polar surface area (TPSA) is 21.3 Å². The summed E-state index contributed by atoms with van der Waals surface area (Å²) in [5.41, 5.74) is 2.75. The van der Waals surface area contributed by atoms with Crippen molar-refractivity contribution in [1.29, 1.82) is 0 Å². The third kappa shape index (κ3) is 2.90. The van der Waals surface area contributed by atoms with E-state index in [1.807, 2.05) is 0 Å². The Morgan fingerprint density at radius 1 is 1.32 bits per heavy atom. The second kappa shape index (κ2) is 6.36. The predicted molar refractivity (Wildman–Crippen MR) is 80.5 cm³/mol. The van der Waals surface area contributed by atoms with Crippen molar-refractivity contribution < 1.29 is 4.74 Å². The average molecular weight is 259 g/mol. The van der Waals surface area contributed by atoms with Crippen molar-refractivity contribution in [2.45, 2.75) is 38.1 Å². The van der Waals surface area contributed by atoms with E-state index in [-0.39, 0.29) is 5.41 Å². The van der Waals surface area contributed by atoms with Gasteiger partial charge in [-0.25, -0.2) is 0 Å². The Morgan fingerprint density at radius 3 is 2.47 bits per heavy atom. The molecule has 0 aromatic heterocycles. The molecule has 1 aromatic carbocycles. The van der Waals surface area contributed by atoms with Gasteiger partial charge in [-0.15, -0.1) is 0 Å². The van der Waals surface area contributed by atoms with Crippen LogP contribution in [0, 0.1) is 0 Å². The molecule has 1 heterocycles. The maximum Gasteiger partial charge on any atom is 0.0475 e. The summed E-state index contributed by atoms with van der Waals surface area (Å²) >= 11 is 0. The molecular weight excluding hydrogens is 234 g/mol. The van der Waals surface area contributed by atoms with E-state index in [1.165, 1.54) is 11.1 Å². The highest BCUT2D eigenvalue weighted by Crippen LogP contribution is 2.40. The first kappa shape index (κ1) is 14.3. The first-order chi connectivity index (χ1) is 9.20. The van der Waals surface area contributed by atoms with E-state index in [2.05, 4.69) is 56.1 Å². The van der Waals surface area contributed by atoms with Crippen LogP contribution in [0.5, 0.6) is 0 Å². The molecule has 1 N–H and O–H groups in total. The third-order valence-electron chi connectivity index (χ3n) is 4.19. The second-order valence-electron chi connectivity index (χ2n) is 5.47. The molecule has 104 valence electrons. The lowest BCUT2D eigenvalue weighted by molar-refractivity contribution is 0.0397. The monoisotopic (exact) mass is 259 g/mol. The predicted octanol–water partition coefficient (Wildman–Crippen LogP) is 3.29. The van der Waals surface area contributed by atoms with Crippen molar-refractivity contribution in [3.05, 3.63) is 48.0 Å². The average Bonchev–Trinajstić information content (AvgIpc) is 2.46. The summed E-state index contributed by atoms with van der Waals surface area (Å²) in [6.07, 6.45) is 2.11. The van der Waals surface area contributed by atoms with E-state index in [4.69, 9.17) is 4.74 Å². The van der Waals surface area contributed by atoms with Crippen molar-refractivity contribution in [2.24, 2.45) is 0 Å². The van der Waals surface area contributed by atoms with Gasteiger partial charge in [0.1, 0.15) is 0 Å². The molecular formula is C17H25NO. The van der Waals surface area contributed by atoms with Crippen molar-refractivity contribution >= 4 is 0 Å². The molecule has 0 spiro atoms. The van der Waals surface area contributed by atoms with E-state index in [1.54, 1.807) is 0 Å². The van der Waals surface area contributed by atoms with Crippen LogP contribution in [0.25, 0.3) is 0 Å². The quantitative estimate of drug-likeness (QED) is 0.819. The smallest absolute Gasteiger partial charge is 0.0475 e. The molecule has 19 heavy (non-hydrogen) atoms. The zero-order valence-corrected chi connectivity index (χ0v) is 12.1. The molecule has 0 radical (unpaired) electrons. The number of likely N-dealkylation sites (N-methyl/N-ethyl adjacent to an activating group) is 1. The van der Waals surface area contributed by atoms with Gasteiger partial charge in [0.2, 0.25) is 0 Å². The second-order valence-corrected chi connectivity index (χ2v) is 5.47. The van der Waals surface area contributed by atoms with E-state index < -0.39 is 0 Å². The highest BCUT2D eigenvalue weighted by Gasteiger charge is 2.41. The summed E-state index contributed by atoms with van der Waals surface area (Å²) in [6, 6.07) is 11.2. The van der Waals surface area contributed by atoms with Gasteiger partial charge in [-0.3, -0.25) is 0 Å². The van der Waals surface area contributed by atoms with Crippen LogP contribution in [-0.2, 0) is 10.2 Å². The van der Waals surface area contributed by atoms with Crippen LogP contribution >= 0.6 is 0 Å². The lowest BCUT2D eigenvalue weighted by atomic mass is 9.67. The zero-order chi connectivity index (χ0) is 13.7. The van der Waals surface area contributed by atoms with Crippen molar-refractivity contribution in [3.63, 3.8) is 0 Å². The number of rotatable bonds is 5. The number of hydrogen-bond donors (Lipinski definition) is 1. The molecule has 2 heteroatoms. The highest BCUT2D eigenvalue weighted by atomic mass is 16.5. The summed E-state index contributed by atoms with van der Waals surface area (Å²) in [4.78, 5) is 0. The minimum Gasteiger partial charge on any atom is -0.381 e. The van der Waals surface area contributed by atoms with Crippen molar-refractivity contribution in [3.8, 4) is 0 Å². The molecule has 1 atom stereocenters. The Morgan fingerprint density at radius 2 is 1.95 bits per heavy atom. The van der Waals surface area contributed by atoms with Gasteiger partial charge < -0.3 is 10.1 Å². The molecule has 1 unspecified atom stereocenters. The molecule has 1 aliphatic rings. The molecule has 1 aromatic rings.